The van der Waals surface area contributed by atoms with E-state index in [4.69, 9.17) is 4.74 Å². The number of halogens is 2. The summed E-state index contributed by atoms with van der Waals surface area (Å²) in [4.78, 5) is 0. The molecule has 2 aromatic carbocycles. The number of ether oxygens (including phenoxy) is 1. The fourth-order valence-corrected chi connectivity index (χ4v) is 2.97. The van der Waals surface area contributed by atoms with Gasteiger partial charge in [-0.25, -0.2) is 8.78 Å². The van der Waals surface area contributed by atoms with Crippen molar-refractivity contribution in [1.82, 2.24) is 14.8 Å². The van der Waals surface area contributed by atoms with Gasteiger partial charge in [-0.05, 0) is 46.8 Å². The third kappa shape index (κ3) is 3.70. The Labute approximate surface area is 157 Å². The van der Waals surface area contributed by atoms with Crippen molar-refractivity contribution >= 4 is 0 Å². The third-order valence-electron chi connectivity index (χ3n) is 4.34. The van der Waals surface area contributed by atoms with Crippen molar-refractivity contribution in [2.45, 2.75) is 46.3 Å². The summed E-state index contributed by atoms with van der Waals surface area (Å²) in [6.45, 7) is 9.47. The molecule has 0 radical (unpaired) electrons. The van der Waals surface area contributed by atoms with Crippen LogP contribution in [0.4, 0.5) is 8.78 Å². The van der Waals surface area contributed by atoms with Gasteiger partial charge in [0.05, 0.1) is 0 Å². The molecule has 0 unspecified atom stereocenters. The predicted octanol–water partition coefficient (Wildman–Crippen LogP) is 5.43. The molecule has 0 saturated heterocycles. The summed E-state index contributed by atoms with van der Waals surface area (Å²) in [5.41, 5.74) is 0.970. The summed E-state index contributed by atoms with van der Waals surface area (Å²) < 4.78 is 35.8. The first-order valence-corrected chi connectivity index (χ1v) is 8.86. The maximum absolute atomic E-state index is 14.1. The Balaban J connectivity index is 2.06. The molecule has 6 heteroatoms. The zero-order valence-corrected chi connectivity index (χ0v) is 16.1. The Morgan fingerprint density at radius 3 is 2.11 bits per heavy atom. The lowest BCUT2D eigenvalue weighted by molar-refractivity contribution is 0.0814. The Morgan fingerprint density at radius 1 is 0.963 bits per heavy atom. The van der Waals surface area contributed by atoms with Gasteiger partial charge in [0.25, 0.3) is 0 Å². The van der Waals surface area contributed by atoms with Gasteiger partial charge >= 0.3 is 0 Å². The van der Waals surface area contributed by atoms with Crippen LogP contribution in [0, 0.1) is 18.6 Å². The number of benzene rings is 2. The maximum atomic E-state index is 14.1. The molecular formula is C21H23F2N3O. The van der Waals surface area contributed by atoms with Crippen LogP contribution < -0.4 is 4.74 Å². The second-order valence-electron chi connectivity index (χ2n) is 7.34. The zero-order valence-electron chi connectivity index (χ0n) is 16.1. The lowest BCUT2D eigenvalue weighted by Gasteiger charge is -2.28. The van der Waals surface area contributed by atoms with Crippen molar-refractivity contribution in [2.75, 3.05) is 0 Å². The summed E-state index contributed by atoms with van der Waals surface area (Å²) in [5, 5.41) is 8.64. The van der Waals surface area contributed by atoms with E-state index in [9.17, 15) is 8.78 Å². The van der Waals surface area contributed by atoms with Gasteiger partial charge in [0.15, 0.2) is 34.6 Å². The van der Waals surface area contributed by atoms with E-state index >= 15 is 0 Å². The molecule has 3 aromatic rings. The van der Waals surface area contributed by atoms with E-state index < -0.39 is 23.0 Å². The Hall–Kier alpha value is -2.76. The molecule has 0 N–H and O–H groups in total. The molecule has 0 bridgehead atoms. The van der Waals surface area contributed by atoms with Crippen LogP contribution in [0.15, 0.2) is 42.5 Å². The predicted molar refractivity (Wildman–Crippen MR) is 101 cm³/mol. The molecule has 0 amide bonds. The molecule has 1 aromatic heterocycles. The average molecular weight is 371 g/mol. The van der Waals surface area contributed by atoms with Crippen molar-refractivity contribution < 1.29 is 13.5 Å². The summed E-state index contributed by atoms with van der Waals surface area (Å²) in [6.07, 6.45) is 0. The van der Waals surface area contributed by atoms with Crippen molar-refractivity contribution in [1.29, 1.82) is 0 Å². The first kappa shape index (κ1) is 19.0. The number of para-hydroxylation sites is 1. The molecule has 0 aliphatic rings. The van der Waals surface area contributed by atoms with Gasteiger partial charge in [-0.15, -0.1) is 10.2 Å². The normalized spacial score (nSPS) is 11.9. The van der Waals surface area contributed by atoms with E-state index in [1.54, 1.807) is 13.8 Å². The first-order valence-electron chi connectivity index (χ1n) is 8.86. The largest absolute Gasteiger partial charge is 0.474 e. The minimum Gasteiger partial charge on any atom is -0.474 e. The van der Waals surface area contributed by atoms with Gasteiger partial charge in [-0.3, -0.25) is 0 Å². The quantitative estimate of drug-likeness (QED) is 0.601. The van der Waals surface area contributed by atoms with Gasteiger partial charge in [0.1, 0.15) is 0 Å². The summed E-state index contributed by atoms with van der Waals surface area (Å²) in [5.74, 6) is -0.742. The highest BCUT2D eigenvalue weighted by Crippen LogP contribution is 2.33. The highest BCUT2D eigenvalue weighted by atomic mass is 19.1. The number of hydrogen-bond donors (Lipinski definition) is 0. The van der Waals surface area contributed by atoms with Crippen molar-refractivity contribution in [3.05, 3.63) is 65.5 Å². The summed E-state index contributed by atoms with van der Waals surface area (Å²) in [6, 6.07) is 11.6. The molecule has 0 spiro atoms. The van der Waals surface area contributed by atoms with Gasteiger partial charge in [0.2, 0.25) is 0 Å². The molecule has 0 atom stereocenters. The van der Waals surface area contributed by atoms with Crippen LogP contribution in [0.3, 0.4) is 0 Å². The van der Waals surface area contributed by atoms with Crippen molar-refractivity contribution in [3.63, 3.8) is 0 Å². The summed E-state index contributed by atoms with van der Waals surface area (Å²) >= 11 is 0. The lowest BCUT2D eigenvalue weighted by Crippen LogP contribution is -2.31. The fourth-order valence-electron chi connectivity index (χ4n) is 2.97. The van der Waals surface area contributed by atoms with Gasteiger partial charge in [-0.1, -0.05) is 35.9 Å². The van der Waals surface area contributed by atoms with Gasteiger partial charge in [0, 0.05) is 11.6 Å². The highest BCUT2D eigenvalue weighted by molar-refractivity contribution is 5.56. The van der Waals surface area contributed by atoms with E-state index in [-0.39, 0.29) is 6.04 Å². The topological polar surface area (TPSA) is 39.9 Å². The van der Waals surface area contributed by atoms with Crippen molar-refractivity contribution in [3.8, 4) is 17.1 Å². The molecule has 142 valence electrons. The van der Waals surface area contributed by atoms with E-state index in [1.807, 2.05) is 49.6 Å². The van der Waals surface area contributed by atoms with Crippen LogP contribution in [0.25, 0.3) is 11.4 Å². The zero-order chi connectivity index (χ0) is 19.8. The van der Waals surface area contributed by atoms with Crippen LogP contribution in [0.1, 0.15) is 45.1 Å². The fraction of sp³-hybridized carbons (Fsp3) is 0.333. The van der Waals surface area contributed by atoms with Crippen LogP contribution >= 0.6 is 0 Å². The molecule has 27 heavy (non-hydrogen) atoms. The molecule has 0 aliphatic carbocycles. The second-order valence-corrected chi connectivity index (χ2v) is 7.34. The molecule has 4 nitrogen and oxygen atoms in total. The van der Waals surface area contributed by atoms with Crippen molar-refractivity contribution in [2.24, 2.45) is 0 Å². The Bertz CT molecular complexity index is 926. The summed E-state index contributed by atoms with van der Waals surface area (Å²) in [7, 11) is 0. The Morgan fingerprint density at radius 2 is 1.56 bits per heavy atom. The smallest absolute Gasteiger partial charge is 0.192 e. The molecule has 1 heterocycles. The molecule has 0 saturated carbocycles. The number of rotatable bonds is 5. The molecular weight excluding hydrogens is 348 g/mol. The highest BCUT2D eigenvalue weighted by Gasteiger charge is 2.33. The standard InChI is InChI=1S/C21H23F2N3O/c1-13(2)26-19(15-11-9-14(3)10-12-15)24-25-20(26)21(4,5)27-18-16(22)7-6-8-17(18)23/h6-13H,1-5H3. The van der Waals surface area contributed by atoms with Crippen LogP contribution in [0.2, 0.25) is 0 Å². The van der Waals surface area contributed by atoms with Crippen LogP contribution in [0.5, 0.6) is 5.75 Å². The Kier molecular flexibility index (Phi) is 5.00. The number of nitrogens with zero attached hydrogens (tertiary/aromatic N) is 3. The molecule has 3 rings (SSSR count). The monoisotopic (exact) mass is 371 g/mol. The molecule has 0 fully saturated rings. The van der Waals surface area contributed by atoms with E-state index in [0.717, 1.165) is 11.1 Å². The second kappa shape index (κ2) is 7.10. The first-order chi connectivity index (χ1) is 12.7. The SMILES string of the molecule is Cc1ccc(-c2nnc(C(C)(C)Oc3c(F)cccc3F)n2C(C)C)cc1. The average Bonchev–Trinajstić information content (AvgIpc) is 3.05. The molecule has 0 aliphatic heterocycles. The number of aryl methyl sites for hydroxylation is 1. The number of aromatic nitrogens is 3. The van der Waals surface area contributed by atoms with Gasteiger partial charge in [-0.2, -0.15) is 0 Å². The van der Waals surface area contributed by atoms with Crippen LogP contribution in [-0.2, 0) is 5.60 Å². The minimum atomic E-state index is -1.09. The van der Waals surface area contributed by atoms with E-state index in [1.165, 1.54) is 18.2 Å². The van der Waals surface area contributed by atoms with Crippen LogP contribution in [-0.4, -0.2) is 14.8 Å². The lowest BCUT2D eigenvalue weighted by atomic mass is 10.1. The minimum absolute atomic E-state index is 0.0274. The van der Waals surface area contributed by atoms with Gasteiger partial charge < -0.3 is 9.30 Å². The maximum Gasteiger partial charge on any atom is 0.192 e. The van der Waals surface area contributed by atoms with E-state index in [2.05, 4.69) is 10.2 Å². The third-order valence-corrected chi connectivity index (χ3v) is 4.34. The van der Waals surface area contributed by atoms with E-state index in [0.29, 0.717) is 11.6 Å². The number of hydrogen-bond acceptors (Lipinski definition) is 3.